The molecule has 1 heterocycles. The highest BCUT2D eigenvalue weighted by atomic mass is 32.2. The van der Waals surface area contributed by atoms with Crippen molar-refractivity contribution in [2.45, 2.75) is 38.1 Å². The molecular weight excluding hydrogens is 265 g/mol. The highest BCUT2D eigenvalue weighted by molar-refractivity contribution is 7.89. The maximum absolute atomic E-state index is 13.4. The van der Waals surface area contributed by atoms with Crippen LogP contribution in [0, 0.1) is 12.3 Å². The summed E-state index contributed by atoms with van der Waals surface area (Å²) >= 11 is 0. The third kappa shape index (κ3) is 2.19. The second-order valence-corrected chi connectivity index (χ2v) is 8.10. The Hall–Kier alpha value is -0.940. The van der Waals surface area contributed by atoms with E-state index in [1.807, 2.05) is 27.7 Å². The zero-order chi connectivity index (χ0) is 14.5. The minimum Gasteiger partial charge on any atom is -0.249 e. The van der Waals surface area contributed by atoms with Crippen LogP contribution in [0.2, 0.25) is 0 Å². The Kier molecular flexibility index (Phi) is 3.26. The molecule has 1 fully saturated rings. The molecule has 2 rings (SSSR count). The first-order chi connectivity index (χ1) is 8.65. The van der Waals surface area contributed by atoms with Crippen LogP contribution in [0.3, 0.4) is 0 Å². The number of sulfonamides is 1. The number of rotatable bonds is 3. The number of benzene rings is 1. The second kappa shape index (κ2) is 4.28. The van der Waals surface area contributed by atoms with Gasteiger partial charge in [-0.05, 0) is 24.5 Å². The van der Waals surface area contributed by atoms with Crippen molar-refractivity contribution >= 4 is 10.0 Å². The molecular formula is C14H20FNO2S. The molecule has 0 radical (unpaired) electrons. The monoisotopic (exact) mass is 285 g/mol. The van der Waals surface area contributed by atoms with E-state index in [-0.39, 0.29) is 11.4 Å². The molecule has 0 bridgehead atoms. The summed E-state index contributed by atoms with van der Waals surface area (Å²) in [5.41, 5.74) is -0.312. The molecule has 0 aromatic heterocycles. The SMILES string of the molecule is Cc1ccc(S(=O)(=O)N2CC2(CF)C(C)(C)C)cc1. The molecule has 1 aliphatic rings. The number of hydrogen-bond donors (Lipinski definition) is 0. The Morgan fingerprint density at radius 1 is 1.26 bits per heavy atom. The predicted molar refractivity (Wildman–Crippen MR) is 73.2 cm³/mol. The number of aryl methyl sites for hydroxylation is 1. The molecule has 0 amide bonds. The summed E-state index contributed by atoms with van der Waals surface area (Å²) in [6.45, 7) is 7.12. The van der Waals surface area contributed by atoms with Crippen molar-refractivity contribution < 1.29 is 12.8 Å². The fourth-order valence-corrected chi connectivity index (χ4v) is 4.18. The van der Waals surface area contributed by atoms with Gasteiger partial charge in [0.25, 0.3) is 0 Å². The van der Waals surface area contributed by atoms with Crippen LogP contribution in [0.4, 0.5) is 4.39 Å². The van der Waals surface area contributed by atoms with Crippen molar-refractivity contribution in [1.82, 2.24) is 4.31 Å². The van der Waals surface area contributed by atoms with Crippen LogP contribution in [0.15, 0.2) is 29.2 Å². The van der Waals surface area contributed by atoms with Crippen molar-refractivity contribution in [1.29, 1.82) is 0 Å². The van der Waals surface area contributed by atoms with E-state index in [0.717, 1.165) is 5.56 Å². The highest BCUT2D eigenvalue weighted by Gasteiger charge is 2.65. The van der Waals surface area contributed by atoms with E-state index >= 15 is 0 Å². The predicted octanol–water partition coefficient (Wildman–Crippen LogP) is 2.75. The first-order valence-corrected chi connectivity index (χ1v) is 7.75. The van der Waals surface area contributed by atoms with Crippen molar-refractivity contribution in [2.24, 2.45) is 5.41 Å². The lowest BCUT2D eigenvalue weighted by Crippen LogP contribution is -2.38. The number of hydrogen-bond acceptors (Lipinski definition) is 2. The second-order valence-electron chi connectivity index (χ2n) is 6.24. The average Bonchev–Trinajstić information content (AvgIpc) is 3.05. The van der Waals surface area contributed by atoms with Crippen LogP contribution in [0.25, 0.3) is 0 Å². The van der Waals surface area contributed by atoms with E-state index in [2.05, 4.69) is 0 Å². The van der Waals surface area contributed by atoms with Gasteiger partial charge in [0.05, 0.1) is 10.4 Å². The van der Waals surface area contributed by atoms with E-state index in [1.54, 1.807) is 24.3 Å². The van der Waals surface area contributed by atoms with E-state index in [9.17, 15) is 12.8 Å². The Balaban J connectivity index is 2.36. The van der Waals surface area contributed by atoms with Crippen LogP contribution in [-0.4, -0.2) is 31.5 Å². The van der Waals surface area contributed by atoms with E-state index < -0.39 is 27.7 Å². The summed E-state index contributed by atoms with van der Waals surface area (Å²) < 4.78 is 39.6. The molecule has 0 aliphatic carbocycles. The average molecular weight is 285 g/mol. The molecule has 1 aromatic rings. The largest absolute Gasteiger partial charge is 0.249 e. The molecule has 106 valence electrons. The molecule has 1 aromatic carbocycles. The van der Waals surface area contributed by atoms with Gasteiger partial charge in [-0.15, -0.1) is 0 Å². The van der Waals surface area contributed by atoms with Gasteiger partial charge in [0.15, 0.2) is 0 Å². The number of alkyl halides is 1. The Labute approximate surface area is 114 Å². The van der Waals surface area contributed by atoms with Gasteiger partial charge in [0, 0.05) is 6.54 Å². The van der Waals surface area contributed by atoms with Gasteiger partial charge in [0.1, 0.15) is 6.67 Å². The Morgan fingerprint density at radius 2 is 1.79 bits per heavy atom. The van der Waals surface area contributed by atoms with Crippen molar-refractivity contribution in [3.8, 4) is 0 Å². The lowest BCUT2D eigenvalue weighted by atomic mass is 9.81. The molecule has 0 saturated carbocycles. The fraction of sp³-hybridized carbons (Fsp3) is 0.571. The van der Waals surface area contributed by atoms with Gasteiger partial charge in [-0.1, -0.05) is 38.5 Å². The van der Waals surface area contributed by atoms with Gasteiger partial charge < -0.3 is 0 Å². The third-order valence-electron chi connectivity index (χ3n) is 4.01. The molecule has 0 N–H and O–H groups in total. The van der Waals surface area contributed by atoms with E-state index in [1.165, 1.54) is 4.31 Å². The maximum Gasteiger partial charge on any atom is 0.243 e. The van der Waals surface area contributed by atoms with Gasteiger partial charge >= 0.3 is 0 Å². The van der Waals surface area contributed by atoms with Crippen molar-refractivity contribution in [3.63, 3.8) is 0 Å². The zero-order valence-electron chi connectivity index (χ0n) is 11.8. The fourth-order valence-electron chi connectivity index (χ4n) is 2.28. The maximum atomic E-state index is 13.4. The summed E-state index contributed by atoms with van der Waals surface area (Å²) in [7, 11) is -3.59. The van der Waals surface area contributed by atoms with Crippen LogP contribution >= 0.6 is 0 Å². The van der Waals surface area contributed by atoms with Crippen LogP contribution in [0.5, 0.6) is 0 Å². The smallest absolute Gasteiger partial charge is 0.243 e. The quantitative estimate of drug-likeness (QED) is 0.801. The van der Waals surface area contributed by atoms with Crippen molar-refractivity contribution in [2.75, 3.05) is 13.2 Å². The van der Waals surface area contributed by atoms with Crippen LogP contribution in [0.1, 0.15) is 26.3 Å². The zero-order valence-corrected chi connectivity index (χ0v) is 12.6. The number of halogens is 1. The molecule has 2 unspecified atom stereocenters. The van der Waals surface area contributed by atoms with Gasteiger partial charge in [-0.2, -0.15) is 4.31 Å². The topological polar surface area (TPSA) is 37.1 Å². The lowest BCUT2D eigenvalue weighted by molar-refractivity contribution is 0.206. The normalized spacial score (nSPS) is 27.3. The van der Waals surface area contributed by atoms with E-state index in [0.29, 0.717) is 0 Å². The van der Waals surface area contributed by atoms with Crippen molar-refractivity contribution in [3.05, 3.63) is 29.8 Å². The molecule has 0 spiro atoms. The lowest BCUT2D eigenvalue weighted by Gasteiger charge is -2.28. The van der Waals surface area contributed by atoms with Crippen LogP contribution < -0.4 is 0 Å². The Morgan fingerprint density at radius 3 is 2.16 bits per heavy atom. The first-order valence-electron chi connectivity index (χ1n) is 6.31. The summed E-state index contributed by atoms with van der Waals surface area (Å²) in [6, 6.07) is 6.67. The molecule has 5 heteroatoms. The number of nitrogens with zero attached hydrogens (tertiary/aromatic N) is 1. The summed E-state index contributed by atoms with van der Waals surface area (Å²) in [6.07, 6.45) is 0. The summed E-state index contributed by atoms with van der Waals surface area (Å²) in [5.74, 6) is 0. The van der Waals surface area contributed by atoms with E-state index in [4.69, 9.17) is 0 Å². The minimum absolute atomic E-state index is 0.234. The Bertz CT molecular complexity index is 574. The molecule has 1 aliphatic heterocycles. The standard InChI is InChI=1S/C14H20FNO2S/c1-11-5-7-12(8-6-11)19(17,18)16-10-14(16,9-15)13(2,3)4/h5-8H,9-10H2,1-4H3. The van der Waals surface area contributed by atoms with Gasteiger partial charge in [0.2, 0.25) is 10.0 Å². The van der Waals surface area contributed by atoms with Gasteiger partial charge in [-0.25, -0.2) is 12.8 Å². The minimum atomic E-state index is -3.59. The summed E-state index contributed by atoms with van der Waals surface area (Å²) in [5, 5.41) is 0. The highest BCUT2D eigenvalue weighted by Crippen LogP contribution is 2.50. The first kappa shape index (κ1) is 14.5. The van der Waals surface area contributed by atoms with Crippen LogP contribution in [-0.2, 0) is 10.0 Å². The summed E-state index contributed by atoms with van der Waals surface area (Å²) in [4.78, 5) is 0.234. The third-order valence-corrected chi connectivity index (χ3v) is 5.93. The van der Waals surface area contributed by atoms with Gasteiger partial charge in [-0.3, -0.25) is 0 Å². The molecule has 19 heavy (non-hydrogen) atoms. The molecule has 3 nitrogen and oxygen atoms in total. The molecule has 2 atom stereocenters. The molecule has 1 saturated heterocycles.